The highest BCUT2D eigenvalue weighted by molar-refractivity contribution is 5.96. The highest BCUT2D eigenvalue weighted by Crippen LogP contribution is 2.64. The Bertz CT molecular complexity index is 710. The number of nitrogens with zero attached hydrogens (tertiary/aromatic N) is 1. The number of halogens is 9. The maximum atomic E-state index is 13.9. The first-order chi connectivity index (χ1) is 11.1. The summed E-state index contributed by atoms with van der Waals surface area (Å²) in [6.45, 7) is 1.33. The number of hydrogen-bond donors (Lipinski definition) is 1. The summed E-state index contributed by atoms with van der Waals surface area (Å²) in [5.41, 5.74) is 0.150. The van der Waals surface area contributed by atoms with Crippen molar-refractivity contribution in [2.75, 3.05) is 5.32 Å². The lowest BCUT2D eigenvalue weighted by molar-refractivity contribution is -0.366. The summed E-state index contributed by atoms with van der Waals surface area (Å²) < 4.78 is 122. The summed E-state index contributed by atoms with van der Waals surface area (Å²) in [5, 5.41) is 1.17. The van der Waals surface area contributed by atoms with Crippen molar-refractivity contribution in [1.82, 2.24) is 4.98 Å². The molecule has 0 saturated carbocycles. The van der Waals surface area contributed by atoms with Gasteiger partial charge in [0.2, 0.25) is 0 Å². The molecule has 1 aliphatic heterocycles. The second-order valence-electron chi connectivity index (χ2n) is 5.06. The summed E-state index contributed by atoms with van der Waals surface area (Å²) in [6, 6.07) is 3.38. The van der Waals surface area contributed by atoms with Gasteiger partial charge in [0, 0.05) is 5.69 Å². The van der Waals surface area contributed by atoms with E-state index in [2.05, 4.69) is 9.72 Å². The van der Waals surface area contributed by atoms with Crippen LogP contribution < -0.4 is 5.32 Å². The fourth-order valence-corrected chi connectivity index (χ4v) is 1.90. The van der Waals surface area contributed by atoms with Gasteiger partial charge in [-0.1, -0.05) is 6.07 Å². The fourth-order valence-electron chi connectivity index (χ4n) is 1.90. The standard InChI is InChI=1S/C12H7F9N2O2/c1-5-3-2-4-6(22-5)23-7(24)8(13,14)11(19)9(15,16)10(17,18)12(20,21)25-11/h2-4H,1H3,(H,22,23,24)/t11-/m1/s1. The number of rotatable bonds is 3. The topological polar surface area (TPSA) is 51.2 Å². The number of amides is 1. The van der Waals surface area contributed by atoms with Crippen LogP contribution in [0.5, 0.6) is 0 Å². The first-order valence-corrected chi connectivity index (χ1v) is 6.25. The SMILES string of the molecule is Cc1cccc(NC(=O)C(F)(F)[C@@]2(F)OC(F)(F)C(F)(F)C2(F)F)n1. The molecule has 0 radical (unpaired) electrons. The molecule has 1 atom stereocenters. The van der Waals surface area contributed by atoms with E-state index in [1.165, 1.54) is 24.4 Å². The zero-order valence-electron chi connectivity index (χ0n) is 11.9. The average Bonchev–Trinajstić information content (AvgIpc) is 2.54. The first kappa shape index (κ1) is 19.3. The first-order valence-electron chi connectivity index (χ1n) is 6.25. The smallest absolute Gasteiger partial charge is 0.305 e. The van der Waals surface area contributed by atoms with Crippen LogP contribution in [0.1, 0.15) is 5.69 Å². The summed E-state index contributed by atoms with van der Waals surface area (Å²) >= 11 is 0. The molecular formula is C12H7F9N2O2. The number of ether oxygens (including phenoxy) is 1. The van der Waals surface area contributed by atoms with E-state index in [1.807, 2.05) is 0 Å². The molecule has 0 aromatic carbocycles. The second kappa shape index (κ2) is 5.22. The molecule has 1 aromatic heterocycles. The van der Waals surface area contributed by atoms with Gasteiger partial charge in [0.05, 0.1) is 0 Å². The lowest BCUT2D eigenvalue weighted by Crippen LogP contribution is -2.63. The minimum atomic E-state index is -6.72. The van der Waals surface area contributed by atoms with Gasteiger partial charge >= 0.3 is 35.6 Å². The molecule has 1 aliphatic rings. The quantitative estimate of drug-likeness (QED) is 0.814. The minimum absolute atomic E-state index is 0.150. The van der Waals surface area contributed by atoms with E-state index < -0.39 is 41.5 Å². The van der Waals surface area contributed by atoms with Crippen molar-refractivity contribution in [3.8, 4) is 0 Å². The predicted molar refractivity (Wildman–Crippen MR) is 62.3 cm³/mol. The van der Waals surface area contributed by atoms with Gasteiger partial charge in [0.1, 0.15) is 5.82 Å². The Morgan fingerprint density at radius 3 is 2.08 bits per heavy atom. The molecule has 13 heteroatoms. The largest absolute Gasteiger partial charge is 0.428 e. The Morgan fingerprint density at radius 1 is 1.08 bits per heavy atom. The normalized spacial score (nSPS) is 27.1. The Labute approximate surface area is 133 Å². The fraction of sp³-hybridized carbons (Fsp3) is 0.500. The van der Waals surface area contributed by atoms with Crippen LogP contribution in [-0.4, -0.2) is 40.6 Å². The number of aryl methyl sites for hydroxylation is 1. The number of pyridine rings is 1. The van der Waals surface area contributed by atoms with Gasteiger partial charge in [-0.15, -0.1) is 0 Å². The number of carbonyl (C=O) groups is 1. The third kappa shape index (κ3) is 2.43. The van der Waals surface area contributed by atoms with Crippen LogP contribution >= 0.6 is 0 Å². The van der Waals surface area contributed by atoms with E-state index in [0.717, 1.165) is 6.07 Å². The van der Waals surface area contributed by atoms with E-state index in [4.69, 9.17) is 0 Å². The molecule has 0 aliphatic carbocycles. The van der Waals surface area contributed by atoms with Gasteiger partial charge in [-0.2, -0.15) is 39.5 Å². The van der Waals surface area contributed by atoms with Crippen LogP contribution in [0.25, 0.3) is 0 Å². The summed E-state index contributed by atoms with van der Waals surface area (Å²) in [6.07, 6.45) is -6.28. The van der Waals surface area contributed by atoms with Crippen LogP contribution in [0.3, 0.4) is 0 Å². The molecule has 1 fully saturated rings. The number of nitrogens with one attached hydrogen (secondary N) is 1. The van der Waals surface area contributed by atoms with E-state index >= 15 is 0 Å². The average molecular weight is 382 g/mol. The third-order valence-corrected chi connectivity index (χ3v) is 3.25. The summed E-state index contributed by atoms with van der Waals surface area (Å²) in [5.74, 6) is -29.4. The van der Waals surface area contributed by atoms with Crippen molar-refractivity contribution in [3.63, 3.8) is 0 Å². The Kier molecular flexibility index (Phi) is 4.03. The molecule has 140 valence electrons. The van der Waals surface area contributed by atoms with E-state index in [-0.39, 0.29) is 5.69 Å². The molecule has 2 rings (SSSR count). The van der Waals surface area contributed by atoms with E-state index in [9.17, 15) is 44.3 Å². The monoisotopic (exact) mass is 382 g/mol. The second-order valence-corrected chi connectivity index (χ2v) is 5.06. The maximum absolute atomic E-state index is 13.9. The van der Waals surface area contributed by atoms with Gasteiger partial charge in [-0.3, -0.25) is 9.53 Å². The van der Waals surface area contributed by atoms with Crippen LogP contribution in [0.4, 0.5) is 45.3 Å². The molecule has 25 heavy (non-hydrogen) atoms. The number of aromatic nitrogens is 1. The molecule has 1 N–H and O–H groups in total. The molecule has 1 amide bonds. The van der Waals surface area contributed by atoms with Crippen LogP contribution in [0.15, 0.2) is 18.2 Å². The Hall–Kier alpha value is -2.05. The number of alkyl halides is 9. The molecule has 2 heterocycles. The van der Waals surface area contributed by atoms with Crippen molar-refractivity contribution in [2.45, 2.75) is 36.7 Å². The Morgan fingerprint density at radius 2 is 1.64 bits per heavy atom. The van der Waals surface area contributed by atoms with Crippen molar-refractivity contribution >= 4 is 11.7 Å². The Balaban J connectivity index is 2.42. The maximum Gasteiger partial charge on any atom is 0.428 e. The van der Waals surface area contributed by atoms with Gasteiger partial charge in [0.15, 0.2) is 0 Å². The van der Waals surface area contributed by atoms with Crippen molar-refractivity contribution in [2.24, 2.45) is 0 Å². The minimum Gasteiger partial charge on any atom is -0.305 e. The molecule has 0 unspecified atom stereocenters. The van der Waals surface area contributed by atoms with Gasteiger partial charge in [0.25, 0.3) is 0 Å². The molecule has 0 spiro atoms. The molecule has 0 bridgehead atoms. The van der Waals surface area contributed by atoms with Crippen LogP contribution in [0.2, 0.25) is 0 Å². The van der Waals surface area contributed by atoms with E-state index in [1.54, 1.807) is 0 Å². The number of anilines is 1. The third-order valence-electron chi connectivity index (χ3n) is 3.25. The van der Waals surface area contributed by atoms with Crippen molar-refractivity contribution < 1.29 is 49.0 Å². The molecule has 4 nitrogen and oxygen atoms in total. The summed E-state index contributed by atoms with van der Waals surface area (Å²) in [7, 11) is 0. The van der Waals surface area contributed by atoms with E-state index in [0.29, 0.717) is 0 Å². The zero-order chi connectivity index (χ0) is 19.5. The predicted octanol–water partition coefficient (Wildman–Crippen LogP) is 3.52. The summed E-state index contributed by atoms with van der Waals surface area (Å²) in [4.78, 5) is 14.9. The van der Waals surface area contributed by atoms with Crippen molar-refractivity contribution in [1.29, 1.82) is 0 Å². The molecule has 1 aromatic rings. The lowest BCUT2D eigenvalue weighted by atomic mass is 9.99. The highest BCUT2D eigenvalue weighted by atomic mass is 19.4. The van der Waals surface area contributed by atoms with Crippen LogP contribution in [-0.2, 0) is 9.53 Å². The van der Waals surface area contributed by atoms with Gasteiger partial charge in [-0.05, 0) is 19.1 Å². The zero-order valence-corrected chi connectivity index (χ0v) is 11.9. The van der Waals surface area contributed by atoms with Crippen molar-refractivity contribution in [3.05, 3.63) is 23.9 Å². The van der Waals surface area contributed by atoms with Gasteiger partial charge in [-0.25, -0.2) is 4.98 Å². The molecular weight excluding hydrogens is 375 g/mol. The number of carbonyl (C=O) groups excluding carboxylic acids is 1. The highest BCUT2D eigenvalue weighted by Gasteiger charge is 2.96. The van der Waals surface area contributed by atoms with Crippen LogP contribution in [0, 0.1) is 6.92 Å². The number of hydrogen-bond acceptors (Lipinski definition) is 3. The van der Waals surface area contributed by atoms with Gasteiger partial charge < -0.3 is 5.32 Å². The lowest BCUT2D eigenvalue weighted by Gasteiger charge is -2.31. The molecule has 1 saturated heterocycles.